The molecule has 3 aliphatic carbocycles. The molecular formula is C22H40ClPPd. The Morgan fingerprint density at radius 3 is 1.16 bits per heavy atom. The second-order valence-electron chi connectivity index (χ2n) is 8.39. The average Bonchev–Trinajstić information content (AvgIpc) is 2.65. The fraction of sp³-hybridized carbons (Fsp3) is 0.909. The van der Waals surface area contributed by atoms with Gasteiger partial charge in [-0.2, -0.15) is 0 Å². The van der Waals surface area contributed by atoms with E-state index in [1.807, 2.05) is 6.92 Å². The van der Waals surface area contributed by atoms with Crippen molar-refractivity contribution in [2.45, 2.75) is 125 Å². The van der Waals surface area contributed by atoms with Crippen LogP contribution in [0.3, 0.4) is 0 Å². The first-order valence-corrected chi connectivity index (χ1v) is 13.3. The number of halogens is 1. The molecule has 3 aliphatic rings. The van der Waals surface area contributed by atoms with Gasteiger partial charge in [-0.25, -0.2) is 0 Å². The van der Waals surface area contributed by atoms with Crippen molar-refractivity contribution in [2.24, 2.45) is 0 Å². The van der Waals surface area contributed by atoms with Crippen LogP contribution in [0.5, 0.6) is 0 Å². The van der Waals surface area contributed by atoms with Gasteiger partial charge in [-0.05, 0) is 55.5 Å². The molecule has 0 N–H and O–H groups in total. The summed E-state index contributed by atoms with van der Waals surface area (Å²) >= 11 is 2.99. The Balaban J connectivity index is 0.000000462. The molecule has 0 saturated heterocycles. The molecule has 3 heteroatoms. The number of allylic oxidation sites excluding steroid dienone is 1. The molecule has 0 aromatic rings. The molecule has 0 amide bonds. The van der Waals surface area contributed by atoms with E-state index in [9.17, 15) is 0 Å². The van der Waals surface area contributed by atoms with Gasteiger partial charge in [0.2, 0.25) is 0 Å². The van der Waals surface area contributed by atoms with Crippen molar-refractivity contribution in [1.82, 2.24) is 0 Å². The zero-order valence-corrected chi connectivity index (χ0v) is 19.6. The summed E-state index contributed by atoms with van der Waals surface area (Å²) in [6, 6.07) is 0. The topological polar surface area (TPSA) is 0 Å². The van der Waals surface area contributed by atoms with Crippen molar-refractivity contribution < 1.29 is 31.6 Å². The van der Waals surface area contributed by atoms with E-state index < -0.39 is 0 Å². The van der Waals surface area contributed by atoms with E-state index in [1.165, 1.54) is 41.8 Å². The van der Waals surface area contributed by atoms with Crippen molar-refractivity contribution in [3.05, 3.63) is 12.2 Å². The van der Waals surface area contributed by atoms with Gasteiger partial charge in [0.25, 0.3) is 0 Å². The quantitative estimate of drug-likeness (QED) is 0.304. The van der Waals surface area contributed by atoms with E-state index in [-0.39, 0.29) is 12.4 Å². The molecular weight excluding hydrogens is 437 g/mol. The van der Waals surface area contributed by atoms with Gasteiger partial charge in [0.05, 0.1) is 0 Å². The van der Waals surface area contributed by atoms with Crippen LogP contribution in [0.25, 0.3) is 0 Å². The van der Waals surface area contributed by atoms with Crippen LogP contribution in [0.1, 0.15) is 103 Å². The second-order valence-corrected chi connectivity index (χ2v) is 12.0. The Labute approximate surface area is 176 Å². The molecule has 3 saturated carbocycles. The maximum atomic E-state index is 3.64. The van der Waals surface area contributed by atoms with Gasteiger partial charge in [-0.3, -0.25) is 0 Å². The van der Waals surface area contributed by atoms with Crippen molar-refractivity contribution in [3.63, 3.8) is 0 Å². The molecule has 25 heavy (non-hydrogen) atoms. The Morgan fingerprint density at radius 1 is 0.720 bits per heavy atom. The van der Waals surface area contributed by atoms with Crippen LogP contribution < -0.4 is 12.4 Å². The molecule has 0 radical (unpaired) electrons. The minimum atomic E-state index is 0. The van der Waals surface area contributed by atoms with E-state index in [4.69, 9.17) is 0 Å². The number of hydrogen-bond donors (Lipinski definition) is 0. The van der Waals surface area contributed by atoms with Gasteiger partial charge in [0.15, 0.2) is 0 Å². The molecule has 0 nitrogen and oxygen atoms in total. The molecule has 0 aliphatic heterocycles. The summed E-state index contributed by atoms with van der Waals surface area (Å²) in [7, 11) is 0.385. The van der Waals surface area contributed by atoms with Crippen LogP contribution in [0.2, 0.25) is 4.89 Å². The Morgan fingerprint density at radius 2 is 0.960 bits per heavy atom. The fourth-order valence-electron chi connectivity index (χ4n) is 5.03. The maximum Gasteiger partial charge on any atom is -1.00 e. The van der Waals surface area contributed by atoms with E-state index in [1.54, 1.807) is 77.0 Å². The smallest absolute Gasteiger partial charge is 1.00 e. The molecule has 0 bridgehead atoms. The average molecular weight is 477 g/mol. The molecule has 0 heterocycles. The van der Waals surface area contributed by atoms with Gasteiger partial charge in [-0.1, -0.05) is 65.7 Å². The van der Waals surface area contributed by atoms with Crippen LogP contribution in [0.4, 0.5) is 0 Å². The summed E-state index contributed by atoms with van der Waals surface area (Å²) in [6.45, 7) is 5.63. The van der Waals surface area contributed by atoms with E-state index in [0.717, 1.165) is 4.89 Å². The third-order valence-corrected chi connectivity index (χ3v) is 11.2. The van der Waals surface area contributed by atoms with Gasteiger partial charge in [0, 0.05) is 0 Å². The fourth-order valence-corrected chi connectivity index (χ4v) is 9.71. The third kappa shape index (κ3) is 8.78. The summed E-state index contributed by atoms with van der Waals surface area (Å²) < 4.78 is 0. The standard InChI is InChI=1S/C18H33P.C4H7.ClH.Pd/c1-4-10-16(11-5-1)19(17-12-6-2-7-13-17)18-14-8-3-9-15-18;1-4(2)3;;/h16-18H,1-15H2;1-2H2,3H3;1H;/q;;;+1/p-1. The molecule has 0 unspecified atom stereocenters. The predicted octanol–water partition coefficient (Wildman–Crippen LogP) is 5.00. The normalized spacial score (nSPS) is 23.5. The largest absolute Gasteiger partial charge is 1.00 e. The minimum Gasteiger partial charge on any atom is -1.00 e. The molecule has 0 atom stereocenters. The second kappa shape index (κ2) is 14.2. The SMILES string of the molecule is C1CCC(P(C2CCCCC2)C2CCCCC2)CC1.C=C(C)[CH2][Pd+].[Cl-]. The first-order valence-electron chi connectivity index (χ1n) is 10.7. The zero-order valence-electron chi connectivity index (χ0n) is 16.4. The summed E-state index contributed by atoms with van der Waals surface area (Å²) in [5.41, 5.74) is 4.76. The van der Waals surface area contributed by atoms with Crippen LogP contribution in [0, 0.1) is 0 Å². The van der Waals surface area contributed by atoms with Crippen LogP contribution in [0.15, 0.2) is 12.2 Å². The summed E-state index contributed by atoms with van der Waals surface area (Å²) in [6.07, 6.45) is 23.6. The van der Waals surface area contributed by atoms with Crippen molar-refractivity contribution in [1.29, 1.82) is 0 Å². The van der Waals surface area contributed by atoms with Crippen molar-refractivity contribution in [3.8, 4) is 0 Å². The van der Waals surface area contributed by atoms with Gasteiger partial charge >= 0.3 is 43.2 Å². The predicted molar refractivity (Wildman–Crippen MR) is 107 cm³/mol. The van der Waals surface area contributed by atoms with Crippen molar-refractivity contribution in [2.75, 3.05) is 0 Å². The molecule has 0 spiro atoms. The van der Waals surface area contributed by atoms with Crippen LogP contribution in [-0.2, 0) is 19.2 Å². The van der Waals surface area contributed by atoms with Gasteiger partial charge in [0.1, 0.15) is 0 Å². The molecule has 3 fully saturated rings. The van der Waals surface area contributed by atoms with Gasteiger partial charge in [-0.15, -0.1) is 0 Å². The summed E-state index contributed by atoms with van der Waals surface area (Å²) in [5, 5.41) is 0. The molecule has 0 aromatic carbocycles. The maximum absolute atomic E-state index is 3.64. The van der Waals surface area contributed by atoms with Crippen LogP contribution in [-0.4, -0.2) is 17.0 Å². The Hall–Kier alpha value is 1.12. The number of rotatable bonds is 4. The van der Waals surface area contributed by atoms with E-state index >= 15 is 0 Å². The number of hydrogen-bond acceptors (Lipinski definition) is 0. The summed E-state index contributed by atoms with van der Waals surface area (Å²) in [4.78, 5) is 0.961. The van der Waals surface area contributed by atoms with Crippen molar-refractivity contribution >= 4 is 7.92 Å². The van der Waals surface area contributed by atoms with Gasteiger partial charge < -0.3 is 12.4 Å². The molecule has 3 rings (SSSR count). The Bertz CT molecular complexity index is 299. The van der Waals surface area contributed by atoms with Crippen LogP contribution >= 0.6 is 7.92 Å². The zero-order chi connectivity index (χ0) is 17.2. The first-order chi connectivity index (χ1) is 11.7. The Kier molecular flexibility index (Phi) is 13.7. The summed E-state index contributed by atoms with van der Waals surface area (Å²) in [5.74, 6) is 0. The molecule has 150 valence electrons. The monoisotopic (exact) mass is 476 g/mol. The van der Waals surface area contributed by atoms with E-state index in [2.05, 4.69) is 25.8 Å². The molecule has 0 aromatic heterocycles. The minimum absolute atomic E-state index is 0. The van der Waals surface area contributed by atoms with E-state index in [0.29, 0.717) is 7.92 Å². The first kappa shape index (κ1) is 24.2. The third-order valence-electron chi connectivity index (χ3n) is 6.18.